The third-order valence-electron chi connectivity index (χ3n) is 3.58. The van der Waals surface area contributed by atoms with Crippen molar-refractivity contribution in [3.05, 3.63) is 0 Å². The topological polar surface area (TPSA) is 47.7 Å². The molecule has 0 spiro atoms. The van der Waals surface area contributed by atoms with Crippen LogP contribution in [0.15, 0.2) is 0 Å². The molecule has 1 aliphatic rings. The maximum absolute atomic E-state index is 5.92. The van der Waals surface area contributed by atoms with E-state index < -0.39 is 0 Å². The lowest BCUT2D eigenvalue weighted by Crippen LogP contribution is -2.49. The van der Waals surface area contributed by atoms with Crippen LogP contribution in [-0.2, 0) is 9.47 Å². The van der Waals surface area contributed by atoms with Crippen molar-refractivity contribution in [3.63, 3.8) is 0 Å². The summed E-state index contributed by atoms with van der Waals surface area (Å²) in [5.74, 6) is 0. The van der Waals surface area contributed by atoms with Crippen molar-refractivity contribution in [1.82, 2.24) is 4.90 Å². The minimum absolute atomic E-state index is 0.148. The molecule has 0 radical (unpaired) electrons. The summed E-state index contributed by atoms with van der Waals surface area (Å²) in [5.41, 5.74) is 6.07. The molecule has 2 N–H and O–H groups in total. The molecule has 0 aliphatic carbocycles. The van der Waals surface area contributed by atoms with Gasteiger partial charge in [-0.3, -0.25) is 0 Å². The standard InChI is InChI=1S/C12H26N2O2/c1-11(7-15-3)14(2)9-12(8-13)5-4-6-16-10-12/h11H,4-10,13H2,1-3H3. The average Bonchev–Trinajstić information content (AvgIpc) is 2.30. The van der Waals surface area contributed by atoms with Gasteiger partial charge in [-0.2, -0.15) is 0 Å². The summed E-state index contributed by atoms with van der Waals surface area (Å²) in [7, 11) is 3.88. The molecule has 96 valence electrons. The van der Waals surface area contributed by atoms with Crippen LogP contribution in [0.3, 0.4) is 0 Å². The highest BCUT2D eigenvalue weighted by molar-refractivity contribution is 4.86. The Morgan fingerprint density at radius 2 is 2.31 bits per heavy atom. The van der Waals surface area contributed by atoms with Gasteiger partial charge >= 0.3 is 0 Å². The molecule has 0 amide bonds. The summed E-state index contributed by atoms with van der Waals surface area (Å²) < 4.78 is 10.8. The van der Waals surface area contributed by atoms with E-state index in [0.717, 1.165) is 32.8 Å². The lowest BCUT2D eigenvalue weighted by molar-refractivity contribution is -0.0276. The minimum Gasteiger partial charge on any atom is -0.383 e. The Balaban J connectivity index is 2.48. The molecule has 1 aliphatic heterocycles. The molecule has 1 fully saturated rings. The predicted octanol–water partition coefficient (Wildman–Crippen LogP) is 0.709. The molecule has 0 saturated carbocycles. The maximum atomic E-state index is 5.92. The number of likely N-dealkylation sites (N-methyl/N-ethyl adjacent to an activating group) is 1. The molecule has 1 rings (SSSR count). The van der Waals surface area contributed by atoms with E-state index in [1.165, 1.54) is 6.42 Å². The quantitative estimate of drug-likeness (QED) is 0.730. The second-order valence-corrected chi connectivity index (χ2v) is 5.08. The zero-order valence-corrected chi connectivity index (χ0v) is 10.9. The Bertz CT molecular complexity index is 193. The molecular formula is C12H26N2O2. The first-order chi connectivity index (χ1) is 7.63. The summed E-state index contributed by atoms with van der Waals surface area (Å²) >= 11 is 0. The highest BCUT2D eigenvalue weighted by atomic mass is 16.5. The van der Waals surface area contributed by atoms with Crippen LogP contribution in [0.5, 0.6) is 0 Å². The zero-order valence-electron chi connectivity index (χ0n) is 10.9. The van der Waals surface area contributed by atoms with E-state index in [9.17, 15) is 0 Å². The fraction of sp³-hybridized carbons (Fsp3) is 1.00. The average molecular weight is 230 g/mol. The largest absolute Gasteiger partial charge is 0.383 e. The van der Waals surface area contributed by atoms with E-state index in [2.05, 4.69) is 18.9 Å². The third-order valence-corrected chi connectivity index (χ3v) is 3.58. The lowest BCUT2D eigenvalue weighted by Gasteiger charge is -2.40. The van der Waals surface area contributed by atoms with Crippen LogP contribution >= 0.6 is 0 Å². The Hall–Kier alpha value is -0.160. The number of nitrogens with zero attached hydrogens (tertiary/aromatic N) is 1. The SMILES string of the molecule is COCC(C)N(C)CC1(CN)CCCOC1. The van der Waals surface area contributed by atoms with Crippen molar-refractivity contribution in [2.24, 2.45) is 11.1 Å². The van der Waals surface area contributed by atoms with Gasteiger partial charge < -0.3 is 20.1 Å². The van der Waals surface area contributed by atoms with Crippen molar-refractivity contribution in [1.29, 1.82) is 0 Å². The van der Waals surface area contributed by atoms with Gasteiger partial charge in [0, 0.05) is 38.3 Å². The van der Waals surface area contributed by atoms with E-state index in [-0.39, 0.29) is 5.41 Å². The van der Waals surface area contributed by atoms with Crippen LogP contribution < -0.4 is 5.73 Å². The molecule has 2 atom stereocenters. The predicted molar refractivity (Wildman–Crippen MR) is 65.5 cm³/mol. The Morgan fingerprint density at radius 1 is 1.56 bits per heavy atom. The number of hydrogen-bond donors (Lipinski definition) is 1. The molecule has 16 heavy (non-hydrogen) atoms. The smallest absolute Gasteiger partial charge is 0.0615 e. The Kier molecular flexibility index (Phi) is 5.69. The summed E-state index contributed by atoms with van der Waals surface area (Å²) in [6.45, 7) is 6.33. The maximum Gasteiger partial charge on any atom is 0.0615 e. The first-order valence-electron chi connectivity index (χ1n) is 6.10. The molecule has 0 bridgehead atoms. The van der Waals surface area contributed by atoms with Crippen molar-refractivity contribution >= 4 is 0 Å². The summed E-state index contributed by atoms with van der Waals surface area (Å²) in [6.07, 6.45) is 2.30. The van der Waals surface area contributed by atoms with E-state index >= 15 is 0 Å². The van der Waals surface area contributed by atoms with Gasteiger partial charge in [0.2, 0.25) is 0 Å². The van der Waals surface area contributed by atoms with Gasteiger partial charge in [-0.15, -0.1) is 0 Å². The first-order valence-corrected chi connectivity index (χ1v) is 6.10. The Labute approximate surface area is 99.1 Å². The number of nitrogens with two attached hydrogens (primary N) is 1. The van der Waals surface area contributed by atoms with Gasteiger partial charge in [0.15, 0.2) is 0 Å². The molecule has 0 aromatic heterocycles. The fourth-order valence-corrected chi connectivity index (χ4v) is 2.31. The zero-order chi connectivity index (χ0) is 12.0. The molecule has 1 heterocycles. The third kappa shape index (κ3) is 3.70. The summed E-state index contributed by atoms with van der Waals surface area (Å²) in [6, 6.07) is 0.426. The number of hydrogen-bond acceptors (Lipinski definition) is 4. The summed E-state index contributed by atoms with van der Waals surface area (Å²) in [5, 5.41) is 0. The second kappa shape index (κ2) is 6.55. The van der Waals surface area contributed by atoms with Gasteiger partial charge in [-0.1, -0.05) is 0 Å². The van der Waals surface area contributed by atoms with E-state index in [1.807, 2.05) is 0 Å². The van der Waals surface area contributed by atoms with Gasteiger partial charge in [0.25, 0.3) is 0 Å². The minimum atomic E-state index is 0.148. The first kappa shape index (κ1) is 13.9. The van der Waals surface area contributed by atoms with Crippen LogP contribution in [-0.4, -0.2) is 58.0 Å². The lowest BCUT2D eigenvalue weighted by atomic mass is 9.82. The van der Waals surface area contributed by atoms with Crippen molar-refractivity contribution < 1.29 is 9.47 Å². The molecule has 4 nitrogen and oxygen atoms in total. The van der Waals surface area contributed by atoms with Crippen molar-refractivity contribution in [2.75, 3.05) is 47.1 Å². The van der Waals surface area contributed by atoms with Crippen LogP contribution in [0.4, 0.5) is 0 Å². The van der Waals surface area contributed by atoms with Crippen LogP contribution in [0.1, 0.15) is 19.8 Å². The normalized spacial score (nSPS) is 28.3. The molecule has 0 aromatic carbocycles. The van der Waals surface area contributed by atoms with Crippen molar-refractivity contribution in [2.45, 2.75) is 25.8 Å². The van der Waals surface area contributed by atoms with E-state index in [1.54, 1.807) is 7.11 Å². The van der Waals surface area contributed by atoms with Gasteiger partial charge in [0.1, 0.15) is 0 Å². The summed E-state index contributed by atoms with van der Waals surface area (Å²) in [4.78, 5) is 2.32. The Morgan fingerprint density at radius 3 is 2.81 bits per heavy atom. The van der Waals surface area contributed by atoms with Crippen LogP contribution in [0.25, 0.3) is 0 Å². The molecule has 0 aromatic rings. The number of methoxy groups -OCH3 is 1. The van der Waals surface area contributed by atoms with Crippen LogP contribution in [0.2, 0.25) is 0 Å². The van der Waals surface area contributed by atoms with Gasteiger partial charge in [0.05, 0.1) is 13.2 Å². The number of rotatable bonds is 6. The van der Waals surface area contributed by atoms with Gasteiger partial charge in [-0.05, 0) is 26.8 Å². The fourth-order valence-electron chi connectivity index (χ4n) is 2.31. The molecular weight excluding hydrogens is 204 g/mol. The number of ether oxygens (including phenoxy) is 2. The highest BCUT2D eigenvalue weighted by Gasteiger charge is 2.33. The van der Waals surface area contributed by atoms with E-state index in [0.29, 0.717) is 12.6 Å². The highest BCUT2D eigenvalue weighted by Crippen LogP contribution is 2.28. The van der Waals surface area contributed by atoms with Gasteiger partial charge in [-0.25, -0.2) is 0 Å². The monoisotopic (exact) mass is 230 g/mol. The molecule has 2 unspecified atom stereocenters. The molecule has 4 heteroatoms. The van der Waals surface area contributed by atoms with Crippen molar-refractivity contribution in [3.8, 4) is 0 Å². The van der Waals surface area contributed by atoms with E-state index in [4.69, 9.17) is 15.2 Å². The van der Waals surface area contributed by atoms with Crippen LogP contribution in [0, 0.1) is 5.41 Å². The molecule has 1 saturated heterocycles. The second-order valence-electron chi connectivity index (χ2n) is 5.08.